The lowest BCUT2D eigenvalue weighted by Crippen LogP contribution is -2.28. The summed E-state index contributed by atoms with van der Waals surface area (Å²) >= 11 is 0. The van der Waals surface area contributed by atoms with Crippen LogP contribution in [0.15, 0.2) is 0 Å². The summed E-state index contributed by atoms with van der Waals surface area (Å²) in [7, 11) is 0. The first-order chi connectivity index (χ1) is 5.43. The molecule has 1 saturated heterocycles. The Morgan fingerprint density at radius 1 is 1.36 bits per heavy atom. The molecule has 3 atom stereocenters. The van der Waals surface area contributed by atoms with E-state index in [2.05, 4.69) is 17.6 Å². The van der Waals surface area contributed by atoms with E-state index in [-0.39, 0.29) is 0 Å². The molecule has 1 aliphatic carbocycles. The molecule has 2 rings (SSSR count). The van der Waals surface area contributed by atoms with E-state index in [9.17, 15) is 0 Å². The van der Waals surface area contributed by atoms with E-state index in [0.29, 0.717) is 0 Å². The Labute approximate surface area is 68.7 Å². The Balaban J connectivity index is 1.60. The summed E-state index contributed by atoms with van der Waals surface area (Å²) in [6.07, 6.45) is 2.65. The molecule has 2 heteroatoms. The molecule has 0 aromatic carbocycles. The van der Waals surface area contributed by atoms with Crippen molar-refractivity contribution >= 4 is 0 Å². The molecule has 0 spiro atoms. The van der Waals surface area contributed by atoms with Gasteiger partial charge < -0.3 is 10.6 Å². The van der Waals surface area contributed by atoms with E-state index in [1.54, 1.807) is 0 Å². The second-order valence-corrected chi connectivity index (χ2v) is 3.82. The molecule has 2 aliphatic rings. The van der Waals surface area contributed by atoms with E-state index < -0.39 is 0 Å². The van der Waals surface area contributed by atoms with Gasteiger partial charge in [-0.15, -0.1) is 0 Å². The van der Waals surface area contributed by atoms with Crippen molar-refractivity contribution in [3.05, 3.63) is 0 Å². The van der Waals surface area contributed by atoms with Crippen molar-refractivity contribution in [3.8, 4) is 0 Å². The third-order valence-electron chi connectivity index (χ3n) is 3.00. The Kier molecular flexibility index (Phi) is 2.14. The van der Waals surface area contributed by atoms with Crippen LogP contribution in [0.1, 0.15) is 19.8 Å². The van der Waals surface area contributed by atoms with Gasteiger partial charge in [0.15, 0.2) is 0 Å². The van der Waals surface area contributed by atoms with E-state index in [0.717, 1.165) is 17.9 Å². The van der Waals surface area contributed by atoms with Gasteiger partial charge in [-0.2, -0.15) is 0 Å². The van der Waals surface area contributed by atoms with Crippen molar-refractivity contribution in [2.75, 3.05) is 19.6 Å². The fourth-order valence-corrected chi connectivity index (χ4v) is 2.17. The maximum Gasteiger partial charge on any atom is 0.0155 e. The van der Waals surface area contributed by atoms with Gasteiger partial charge in [0.05, 0.1) is 0 Å². The summed E-state index contributed by atoms with van der Waals surface area (Å²) in [5.74, 6) is 1.96. The first kappa shape index (κ1) is 7.56. The van der Waals surface area contributed by atoms with Crippen LogP contribution in [0.4, 0.5) is 0 Å². The van der Waals surface area contributed by atoms with Gasteiger partial charge in [-0.1, -0.05) is 13.3 Å². The molecule has 0 aromatic heterocycles. The van der Waals surface area contributed by atoms with Crippen molar-refractivity contribution in [2.45, 2.75) is 25.8 Å². The number of nitrogens with one attached hydrogen (secondary N) is 2. The summed E-state index contributed by atoms with van der Waals surface area (Å²) < 4.78 is 0. The largest absolute Gasteiger partial charge is 0.316 e. The highest BCUT2D eigenvalue weighted by atomic mass is 15.1. The van der Waals surface area contributed by atoms with Gasteiger partial charge in [-0.05, 0) is 37.9 Å². The fraction of sp³-hybridized carbons (Fsp3) is 1.00. The van der Waals surface area contributed by atoms with Gasteiger partial charge in [-0.25, -0.2) is 0 Å². The SMILES string of the molecule is CCCCNC1[C@H]2CNC[C@@H]12. The molecule has 2 nitrogen and oxygen atoms in total. The van der Waals surface area contributed by atoms with Gasteiger partial charge in [0.2, 0.25) is 0 Å². The van der Waals surface area contributed by atoms with Crippen LogP contribution in [0.2, 0.25) is 0 Å². The van der Waals surface area contributed by atoms with Crippen molar-refractivity contribution in [2.24, 2.45) is 11.8 Å². The minimum absolute atomic E-state index is 0.878. The normalized spacial score (nSPS) is 40.6. The number of hydrogen-bond donors (Lipinski definition) is 2. The number of fused-ring (bicyclic) bond motifs is 1. The highest BCUT2D eigenvalue weighted by Gasteiger charge is 2.52. The number of piperidine rings is 1. The van der Waals surface area contributed by atoms with Crippen LogP contribution < -0.4 is 10.6 Å². The summed E-state index contributed by atoms with van der Waals surface area (Å²) in [5.41, 5.74) is 0. The molecule has 2 N–H and O–H groups in total. The van der Waals surface area contributed by atoms with Gasteiger partial charge in [-0.3, -0.25) is 0 Å². The highest BCUT2D eigenvalue weighted by molar-refractivity contribution is 5.08. The molecule has 2 fully saturated rings. The Morgan fingerprint density at radius 2 is 2.09 bits per heavy atom. The van der Waals surface area contributed by atoms with Crippen LogP contribution in [-0.2, 0) is 0 Å². The molecule has 1 unspecified atom stereocenters. The molecule has 0 radical (unpaired) electrons. The zero-order chi connectivity index (χ0) is 7.68. The van der Waals surface area contributed by atoms with Crippen LogP contribution in [0, 0.1) is 11.8 Å². The van der Waals surface area contributed by atoms with Crippen LogP contribution in [0.5, 0.6) is 0 Å². The highest BCUT2D eigenvalue weighted by Crippen LogP contribution is 2.41. The molecule has 1 saturated carbocycles. The molecule has 0 amide bonds. The first-order valence-corrected chi connectivity index (χ1v) is 4.87. The summed E-state index contributed by atoms with van der Waals surface area (Å²) in [6, 6.07) is 0.878. The van der Waals surface area contributed by atoms with Crippen molar-refractivity contribution < 1.29 is 0 Å². The van der Waals surface area contributed by atoms with Gasteiger partial charge in [0.1, 0.15) is 0 Å². The van der Waals surface area contributed by atoms with Crippen LogP contribution in [0.25, 0.3) is 0 Å². The maximum atomic E-state index is 3.62. The summed E-state index contributed by atoms with van der Waals surface area (Å²) in [5, 5.41) is 7.02. The first-order valence-electron chi connectivity index (χ1n) is 4.87. The maximum absolute atomic E-state index is 3.62. The third kappa shape index (κ3) is 1.42. The second-order valence-electron chi connectivity index (χ2n) is 3.82. The lowest BCUT2D eigenvalue weighted by molar-refractivity contribution is 0.552. The summed E-state index contributed by atoms with van der Waals surface area (Å²) in [6.45, 7) is 5.99. The quantitative estimate of drug-likeness (QED) is 0.579. The monoisotopic (exact) mass is 154 g/mol. The van der Waals surface area contributed by atoms with Gasteiger partial charge in [0.25, 0.3) is 0 Å². The Bertz CT molecular complexity index is 126. The zero-order valence-electron chi connectivity index (χ0n) is 7.27. The second kappa shape index (κ2) is 3.11. The average molecular weight is 154 g/mol. The summed E-state index contributed by atoms with van der Waals surface area (Å²) in [4.78, 5) is 0. The topological polar surface area (TPSA) is 24.1 Å². The van der Waals surface area contributed by atoms with E-state index in [4.69, 9.17) is 0 Å². The predicted octanol–water partition coefficient (Wildman–Crippen LogP) is 0.594. The van der Waals surface area contributed by atoms with Crippen LogP contribution in [0.3, 0.4) is 0 Å². The molecule has 1 aliphatic heterocycles. The smallest absolute Gasteiger partial charge is 0.0155 e. The predicted molar refractivity (Wildman–Crippen MR) is 46.5 cm³/mol. The van der Waals surface area contributed by atoms with Crippen LogP contribution >= 0.6 is 0 Å². The molecular weight excluding hydrogens is 136 g/mol. The number of hydrogen-bond acceptors (Lipinski definition) is 2. The molecule has 0 bridgehead atoms. The lowest BCUT2D eigenvalue weighted by atomic mass is 10.3. The van der Waals surface area contributed by atoms with Crippen LogP contribution in [-0.4, -0.2) is 25.7 Å². The third-order valence-corrected chi connectivity index (χ3v) is 3.00. The lowest BCUT2D eigenvalue weighted by Gasteiger charge is -2.05. The number of rotatable bonds is 4. The minimum Gasteiger partial charge on any atom is -0.316 e. The van der Waals surface area contributed by atoms with Crippen molar-refractivity contribution in [1.29, 1.82) is 0 Å². The molecular formula is C9H18N2. The van der Waals surface area contributed by atoms with Gasteiger partial charge >= 0.3 is 0 Å². The van der Waals surface area contributed by atoms with Gasteiger partial charge in [0, 0.05) is 6.04 Å². The molecule has 0 aromatic rings. The fourth-order valence-electron chi connectivity index (χ4n) is 2.17. The van der Waals surface area contributed by atoms with E-state index in [1.807, 2.05) is 0 Å². The van der Waals surface area contributed by atoms with E-state index in [1.165, 1.54) is 32.5 Å². The molecule has 11 heavy (non-hydrogen) atoms. The van der Waals surface area contributed by atoms with E-state index >= 15 is 0 Å². The molecule has 1 heterocycles. The molecule has 64 valence electrons. The zero-order valence-corrected chi connectivity index (χ0v) is 7.27. The minimum atomic E-state index is 0.878. The Hall–Kier alpha value is -0.0800. The Morgan fingerprint density at radius 3 is 2.73 bits per heavy atom. The van der Waals surface area contributed by atoms with Crippen molar-refractivity contribution in [3.63, 3.8) is 0 Å². The average Bonchev–Trinajstić information content (AvgIpc) is 2.46. The van der Waals surface area contributed by atoms with Crippen molar-refractivity contribution in [1.82, 2.24) is 10.6 Å². The number of unbranched alkanes of at least 4 members (excludes halogenated alkanes) is 1. The standard InChI is InChI=1S/C9H18N2/c1-2-3-4-11-9-7-5-10-6-8(7)9/h7-11H,2-6H2,1H3/t7-,8+,9?.